The maximum atomic E-state index is 13.1. The molecule has 0 fully saturated rings. The summed E-state index contributed by atoms with van der Waals surface area (Å²) < 4.78 is 11.1. The van der Waals surface area contributed by atoms with Crippen molar-refractivity contribution in [2.75, 3.05) is 24.4 Å². The molecule has 9 nitrogen and oxygen atoms in total. The number of fused-ring (bicyclic) bond motifs is 1. The Morgan fingerprint density at radius 2 is 1.86 bits per heavy atom. The van der Waals surface area contributed by atoms with Gasteiger partial charge in [0.15, 0.2) is 4.34 Å². The maximum Gasteiger partial charge on any atom is 0.341 e. The minimum absolute atomic E-state index is 0.248. The zero-order valence-electron chi connectivity index (χ0n) is 20.8. The summed E-state index contributed by atoms with van der Waals surface area (Å²) in [5.41, 5.74) is 1.89. The number of nitrogens with one attached hydrogen (secondary N) is 2. The first-order valence-electron chi connectivity index (χ1n) is 12.0. The summed E-state index contributed by atoms with van der Waals surface area (Å²) in [7, 11) is 1.50. The number of esters is 1. The number of aryl methyl sites for hydroxylation is 1. The monoisotopic (exact) mass is 560 g/mol. The van der Waals surface area contributed by atoms with Gasteiger partial charge in [0.1, 0.15) is 10.8 Å². The number of methoxy groups -OCH3 is 1. The van der Waals surface area contributed by atoms with Gasteiger partial charge in [-0.15, -0.1) is 21.5 Å². The zero-order valence-corrected chi connectivity index (χ0v) is 23.2. The molecular weight excluding hydrogens is 532 g/mol. The molecule has 1 atom stereocenters. The Kier molecular flexibility index (Phi) is 9.17. The number of aromatic nitrogens is 2. The molecule has 37 heavy (non-hydrogen) atoms. The lowest BCUT2D eigenvalue weighted by Gasteiger charge is -2.11. The van der Waals surface area contributed by atoms with Crippen molar-refractivity contribution in [3.8, 4) is 5.75 Å². The molecular formula is C25H28N4O5S3. The number of ether oxygens (including phenoxy) is 2. The summed E-state index contributed by atoms with van der Waals surface area (Å²) in [6, 6.07) is 6.89. The van der Waals surface area contributed by atoms with E-state index >= 15 is 0 Å². The first-order chi connectivity index (χ1) is 17.9. The normalized spacial score (nSPS) is 13.7. The van der Waals surface area contributed by atoms with Gasteiger partial charge >= 0.3 is 5.97 Å². The molecule has 1 aliphatic rings. The molecule has 0 saturated carbocycles. The summed E-state index contributed by atoms with van der Waals surface area (Å²) in [4.78, 5) is 39.6. The van der Waals surface area contributed by atoms with Crippen LogP contribution in [0.4, 0.5) is 10.1 Å². The number of carbonyl (C=O) groups is 3. The van der Waals surface area contributed by atoms with Crippen molar-refractivity contribution in [3.05, 3.63) is 45.8 Å². The Balaban J connectivity index is 1.42. The Morgan fingerprint density at radius 3 is 2.65 bits per heavy atom. The van der Waals surface area contributed by atoms with E-state index < -0.39 is 11.2 Å². The van der Waals surface area contributed by atoms with Crippen LogP contribution in [-0.4, -0.2) is 46.9 Å². The minimum Gasteiger partial charge on any atom is -0.496 e. The number of hydrogen-bond acceptors (Lipinski definition) is 10. The lowest BCUT2D eigenvalue weighted by Crippen LogP contribution is -2.23. The summed E-state index contributed by atoms with van der Waals surface area (Å²) in [6.07, 6.45) is 4.93. The number of para-hydroxylation sites is 1. The number of anilines is 2. The largest absolute Gasteiger partial charge is 0.496 e. The molecule has 0 aliphatic heterocycles. The maximum absolute atomic E-state index is 13.1. The van der Waals surface area contributed by atoms with Crippen molar-refractivity contribution in [2.24, 2.45) is 0 Å². The number of hydrogen-bond donors (Lipinski definition) is 2. The van der Waals surface area contributed by atoms with Crippen molar-refractivity contribution >= 4 is 62.4 Å². The highest BCUT2D eigenvalue weighted by atomic mass is 32.2. The number of thioether (sulfide) groups is 1. The third-order valence-corrected chi connectivity index (χ3v) is 8.99. The smallest absolute Gasteiger partial charge is 0.341 e. The van der Waals surface area contributed by atoms with Gasteiger partial charge in [-0.25, -0.2) is 4.79 Å². The zero-order chi connectivity index (χ0) is 26.4. The highest BCUT2D eigenvalue weighted by molar-refractivity contribution is 8.02. The van der Waals surface area contributed by atoms with E-state index in [1.54, 1.807) is 38.1 Å². The number of nitrogens with zero attached hydrogens (tertiary/aromatic N) is 2. The van der Waals surface area contributed by atoms with Crippen LogP contribution in [0.2, 0.25) is 0 Å². The molecule has 1 aliphatic carbocycles. The molecule has 1 unspecified atom stereocenters. The van der Waals surface area contributed by atoms with Gasteiger partial charge in [-0.2, -0.15) is 0 Å². The third-order valence-electron chi connectivity index (χ3n) is 5.76. The van der Waals surface area contributed by atoms with E-state index in [9.17, 15) is 14.4 Å². The van der Waals surface area contributed by atoms with Gasteiger partial charge in [0.25, 0.3) is 5.91 Å². The van der Waals surface area contributed by atoms with Gasteiger partial charge in [-0.1, -0.05) is 41.7 Å². The quantitative estimate of drug-likeness (QED) is 0.154. The van der Waals surface area contributed by atoms with Crippen molar-refractivity contribution in [2.45, 2.75) is 55.5 Å². The number of carbonyl (C=O) groups excluding carboxylic acids is 3. The van der Waals surface area contributed by atoms with E-state index in [1.807, 2.05) is 0 Å². The second-order valence-electron chi connectivity index (χ2n) is 8.27. The lowest BCUT2D eigenvalue weighted by molar-refractivity contribution is -0.115. The van der Waals surface area contributed by atoms with Crippen molar-refractivity contribution in [3.63, 3.8) is 0 Å². The summed E-state index contributed by atoms with van der Waals surface area (Å²) in [6.45, 7) is 3.81. The third kappa shape index (κ3) is 6.49. The van der Waals surface area contributed by atoms with Gasteiger partial charge in [-0.3, -0.25) is 14.9 Å². The summed E-state index contributed by atoms with van der Waals surface area (Å²) >= 11 is 3.88. The van der Waals surface area contributed by atoms with Gasteiger partial charge in [0.2, 0.25) is 11.0 Å². The standard InChI is InChI=1S/C25H28N4O5S3/c1-4-34-23(32)19-16-11-6-5-7-13-18(16)36-22(19)26-20(30)14(2)35-25-29-28-24(37-25)27-21(31)15-10-8-9-12-17(15)33-3/h8-10,12,14H,4-7,11,13H2,1-3H3,(H,26,30)(H,27,28,31). The lowest BCUT2D eigenvalue weighted by atomic mass is 10.1. The van der Waals surface area contributed by atoms with E-state index in [4.69, 9.17) is 9.47 Å². The van der Waals surface area contributed by atoms with E-state index in [-0.39, 0.29) is 18.4 Å². The Hall–Kier alpha value is -2.96. The van der Waals surface area contributed by atoms with E-state index in [0.29, 0.717) is 31.3 Å². The van der Waals surface area contributed by atoms with Crippen molar-refractivity contribution in [1.82, 2.24) is 10.2 Å². The van der Waals surface area contributed by atoms with Gasteiger partial charge < -0.3 is 14.8 Å². The highest BCUT2D eigenvalue weighted by Crippen LogP contribution is 2.39. The van der Waals surface area contributed by atoms with Crippen LogP contribution in [-0.2, 0) is 22.4 Å². The van der Waals surface area contributed by atoms with Crippen LogP contribution in [0, 0.1) is 0 Å². The van der Waals surface area contributed by atoms with Crippen LogP contribution in [0.3, 0.4) is 0 Å². The Bertz CT molecular complexity index is 1290. The predicted octanol–water partition coefficient (Wildman–Crippen LogP) is 5.43. The molecule has 0 spiro atoms. The molecule has 2 aromatic heterocycles. The average molecular weight is 561 g/mol. The van der Waals surface area contributed by atoms with Crippen LogP contribution in [0.25, 0.3) is 0 Å². The highest BCUT2D eigenvalue weighted by Gasteiger charge is 2.28. The number of thiophene rings is 1. The molecule has 0 bridgehead atoms. The SMILES string of the molecule is CCOC(=O)c1c(NC(=O)C(C)Sc2nnc(NC(=O)c3ccccc3OC)s2)sc2c1CCCCC2. The molecule has 196 valence electrons. The van der Waals surface area contributed by atoms with E-state index in [2.05, 4.69) is 20.8 Å². The molecule has 2 heterocycles. The molecule has 0 saturated heterocycles. The number of rotatable bonds is 9. The van der Waals surface area contributed by atoms with Gasteiger partial charge in [0.05, 0.1) is 30.1 Å². The fourth-order valence-corrected chi connectivity index (χ4v) is 7.14. The fourth-order valence-electron chi connectivity index (χ4n) is 3.97. The van der Waals surface area contributed by atoms with Crippen LogP contribution in [0.15, 0.2) is 28.6 Å². The second-order valence-corrected chi connectivity index (χ2v) is 11.9. The Labute approximate surface area is 227 Å². The van der Waals surface area contributed by atoms with Crippen LogP contribution < -0.4 is 15.4 Å². The van der Waals surface area contributed by atoms with E-state index in [0.717, 1.165) is 42.5 Å². The number of amides is 2. The topological polar surface area (TPSA) is 120 Å². The van der Waals surface area contributed by atoms with Gasteiger partial charge in [-0.05, 0) is 57.2 Å². The van der Waals surface area contributed by atoms with Crippen molar-refractivity contribution < 1.29 is 23.9 Å². The first-order valence-corrected chi connectivity index (χ1v) is 14.5. The second kappa shape index (κ2) is 12.5. The molecule has 0 radical (unpaired) electrons. The molecule has 4 rings (SSSR count). The summed E-state index contributed by atoms with van der Waals surface area (Å²) in [5.74, 6) is -0.545. The number of benzene rings is 1. The minimum atomic E-state index is -0.511. The van der Waals surface area contributed by atoms with Gasteiger partial charge in [0, 0.05) is 4.88 Å². The Morgan fingerprint density at radius 1 is 1.08 bits per heavy atom. The predicted molar refractivity (Wildman–Crippen MR) is 146 cm³/mol. The van der Waals surface area contributed by atoms with Crippen LogP contribution in [0.5, 0.6) is 5.75 Å². The molecule has 12 heteroatoms. The van der Waals surface area contributed by atoms with E-state index in [1.165, 1.54) is 41.5 Å². The van der Waals surface area contributed by atoms with Crippen LogP contribution >= 0.6 is 34.4 Å². The molecule has 2 amide bonds. The molecule has 1 aromatic carbocycles. The molecule has 2 N–H and O–H groups in total. The van der Waals surface area contributed by atoms with Crippen LogP contribution in [0.1, 0.15) is 64.3 Å². The fraction of sp³-hybridized carbons (Fsp3) is 0.400. The van der Waals surface area contributed by atoms with Crippen molar-refractivity contribution in [1.29, 1.82) is 0 Å². The summed E-state index contributed by atoms with van der Waals surface area (Å²) in [5, 5.41) is 14.2. The average Bonchev–Trinajstić information content (AvgIpc) is 3.39. The first kappa shape index (κ1) is 27.1. The molecule has 3 aromatic rings.